The molecule has 1 N–H and O–H groups in total. The Balaban J connectivity index is 0.720. The molecule has 0 radical (unpaired) electrons. The first-order valence-corrected chi connectivity index (χ1v) is 19.6. The molecule has 54 heavy (non-hydrogen) atoms. The second kappa shape index (κ2) is 14.4. The largest absolute Gasteiger partial charge is 0.508 e. The summed E-state index contributed by atoms with van der Waals surface area (Å²) in [5.74, 6) is 2.64. The van der Waals surface area contributed by atoms with Crippen molar-refractivity contribution in [2.45, 2.75) is 56.5 Å². The van der Waals surface area contributed by atoms with Crippen molar-refractivity contribution in [1.29, 1.82) is 0 Å². The molecule has 1 spiro atoms. The molecule has 8 heteroatoms. The number of allylic oxidation sites excluding steroid dienone is 1. The van der Waals surface area contributed by atoms with E-state index in [2.05, 4.69) is 77.0 Å². The van der Waals surface area contributed by atoms with Crippen LogP contribution in [0.3, 0.4) is 0 Å². The van der Waals surface area contributed by atoms with Crippen LogP contribution in [-0.4, -0.2) is 90.0 Å². The molecular formula is C46H49N3O5. The number of Topliss-reactive ketones (excluding diaryl/α,β-unsaturated/α-hetero) is 1. The number of likely N-dealkylation sites (tertiary alicyclic amines) is 2. The molecule has 1 saturated carbocycles. The third kappa shape index (κ3) is 6.71. The second-order valence-electron chi connectivity index (χ2n) is 16.3. The molecule has 3 heterocycles. The highest BCUT2D eigenvalue weighted by atomic mass is 16.5. The summed E-state index contributed by atoms with van der Waals surface area (Å²) < 4.78 is 12.5. The van der Waals surface area contributed by atoms with Gasteiger partial charge in [0.15, 0.2) is 5.78 Å². The van der Waals surface area contributed by atoms with Crippen molar-refractivity contribution in [1.82, 2.24) is 14.7 Å². The maximum absolute atomic E-state index is 13.2. The number of hydrogen-bond acceptors (Lipinski definition) is 7. The lowest BCUT2D eigenvalue weighted by atomic mass is 9.69. The molecular weight excluding hydrogens is 675 g/mol. The van der Waals surface area contributed by atoms with Crippen LogP contribution in [0.1, 0.15) is 75.7 Å². The third-order valence-corrected chi connectivity index (χ3v) is 12.5. The van der Waals surface area contributed by atoms with Gasteiger partial charge in [0.05, 0.1) is 12.6 Å². The highest BCUT2D eigenvalue weighted by Gasteiger charge is 2.51. The zero-order valence-corrected chi connectivity index (χ0v) is 30.9. The Hall–Kier alpha value is -4.92. The first-order valence-electron chi connectivity index (χ1n) is 19.6. The minimum atomic E-state index is -0.363. The highest BCUT2D eigenvalue weighted by Crippen LogP contribution is 2.47. The average molecular weight is 724 g/mol. The number of carbonyl (C=O) groups is 2. The lowest BCUT2D eigenvalue weighted by Gasteiger charge is -2.60. The molecule has 3 atom stereocenters. The van der Waals surface area contributed by atoms with E-state index in [1.807, 2.05) is 30.3 Å². The SMILES string of the molecule is C=C1CCC(N2Cc3c(OCCN4CC5(CN(CCOc6ccc([C@@H]7c8ccc(O)cc8CC[C@@H]7c7ccccc7)cc6)C5)C4)cccc3C2=O)C(=O)C1. The van der Waals surface area contributed by atoms with Gasteiger partial charge in [-0.05, 0) is 90.3 Å². The van der Waals surface area contributed by atoms with Gasteiger partial charge >= 0.3 is 0 Å². The summed E-state index contributed by atoms with van der Waals surface area (Å²) in [5, 5.41) is 10.2. The quantitative estimate of drug-likeness (QED) is 0.168. The van der Waals surface area contributed by atoms with Crippen molar-refractivity contribution in [2.75, 3.05) is 52.5 Å². The van der Waals surface area contributed by atoms with Crippen LogP contribution >= 0.6 is 0 Å². The van der Waals surface area contributed by atoms with Gasteiger partial charge in [0, 0.05) is 68.1 Å². The van der Waals surface area contributed by atoms with Crippen LogP contribution in [0.2, 0.25) is 0 Å². The van der Waals surface area contributed by atoms with E-state index in [0.717, 1.165) is 81.2 Å². The Labute approximate surface area is 318 Å². The minimum Gasteiger partial charge on any atom is -0.508 e. The summed E-state index contributed by atoms with van der Waals surface area (Å²) in [6, 6.07) is 30.7. The molecule has 1 unspecified atom stereocenters. The van der Waals surface area contributed by atoms with Gasteiger partial charge in [-0.1, -0.05) is 66.7 Å². The first-order chi connectivity index (χ1) is 26.3. The van der Waals surface area contributed by atoms with E-state index in [1.165, 1.54) is 22.3 Å². The Kier molecular flexibility index (Phi) is 9.27. The molecule has 4 aromatic rings. The van der Waals surface area contributed by atoms with Crippen LogP contribution in [-0.2, 0) is 17.8 Å². The predicted molar refractivity (Wildman–Crippen MR) is 208 cm³/mol. The molecule has 2 aliphatic carbocycles. The van der Waals surface area contributed by atoms with Crippen molar-refractivity contribution in [3.8, 4) is 17.2 Å². The van der Waals surface area contributed by atoms with E-state index in [-0.39, 0.29) is 23.7 Å². The summed E-state index contributed by atoms with van der Waals surface area (Å²) >= 11 is 0. The number of aryl methyl sites for hydroxylation is 1. The normalized spacial score (nSPS) is 23.4. The monoisotopic (exact) mass is 723 g/mol. The lowest BCUT2D eigenvalue weighted by Crippen LogP contribution is -2.72. The number of aromatic hydroxyl groups is 1. The summed E-state index contributed by atoms with van der Waals surface area (Å²) in [7, 11) is 0. The smallest absolute Gasteiger partial charge is 0.255 e. The molecule has 5 aliphatic rings. The van der Waals surface area contributed by atoms with Crippen molar-refractivity contribution < 1.29 is 24.2 Å². The second-order valence-corrected chi connectivity index (χ2v) is 16.3. The van der Waals surface area contributed by atoms with Crippen LogP contribution in [0.15, 0.2) is 103 Å². The molecule has 8 nitrogen and oxygen atoms in total. The fourth-order valence-electron chi connectivity index (χ4n) is 9.94. The fourth-order valence-corrected chi connectivity index (χ4v) is 9.94. The van der Waals surface area contributed by atoms with Gasteiger partial charge in [0.2, 0.25) is 0 Å². The van der Waals surface area contributed by atoms with Gasteiger partial charge in [-0.15, -0.1) is 0 Å². The number of carbonyl (C=O) groups excluding carboxylic acids is 2. The lowest BCUT2D eigenvalue weighted by molar-refractivity contribution is -0.124. The molecule has 2 saturated heterocycles. The number of fused-ring (bicyclic) bond motifs is 2. The van der Waals surface area contributed by atoms with E-state index in [9.17, 15) is 14.7 Å². The number of phenols is 1. The number of phenolic OH excluding ortho intramolecular Hbond substituents is 1. The Bertz CT molecular complexity index is 2050. The maximum atomic E-state index is 13.2. The fraction of sp³-hybridized carbons (Fsp3) is 0.391. The first kappa shape index (κ1) is 34.8. The molecule has 4 aromatic carbocycles. The van der Waals surface area contributed by atoms with E-state index < -0.39 is 0 Å². The number of rotatable bonds is 11. The molecule has 278 valence electrons. The van der Waals surface area contributed by atoms with Gasteiger partial charge in [0.1, 0.15) is 30.5 Å². The number of amides is 1. The van der Waals surface area contributed by atoms with Gasteiger partial charge in [-0.2, -0.15) is 0 Å². The molecule has 3 fully saturated rings. The van der Waals surface area contributed by atoms with Crippen LogP contribution in [0, 0.1) is 5.41 Å². The van der Waals surface area contributed by atoms with Crippen molar-refractivity contribution in [3.63, 3.8) is 0 Å². The molecule has 1 amide bonds. The van der Waals surface area contributed by atoms with Gasteiger partial charge in [0.25, 0.3) is 5.91 Å². The van der Waals surface area contributed by atoms with E-state index in [1.54, 1.807) is 4.90 Å². The highest BCUT2D eigenvalue weighted by molar-refractivity contribution is 6.02. The summed E-state index contributed by atoms with van der Waals surface area (Å²) in [6.07, 6.45) is 3.83. The Morgan fingerprint density at radius 2 is 1.52 bits per heavy atom. The molecule has 9 rings (SSSR count). The standard InChI is InChI=1S/C46H49N3O5/c1-31-10-19-41(42(51)24-31)49-26-40-39(45(49)52)8-5-9-43(40)54-23-21-48-29-46(30-48)27-47(28-46)20-22-53-36-15-11-33(12-16-36)44-37(32-6-3-2-4-7-32)17-13-34-25-35(50)14-18-38(34)44/h2-9,11-12,14-16,18,25,37,41,44,50H,1,10,13,17,19-24,26-30H2/t37-,41?,44+/m1/s1. The zero-order chi connectivity index (χ0) is 36.8. The van der Waals surface area contributed by atoms with Gasteiger partial charge < -0.3 is 19.5 Å². The van der Waals surface area contributed by atoms with E-state index in [4.69, 9.17) is 9.47 Å². The van der Waals surface area contributed by atoms with Gasteiger partial charge in [-0.25, -0.2) is 0 Å². The zero-order valence-electron chi connectivity index (χ0n) is 30.9. The number of hydrogen-bond donors (Lipinski definition) is 1. The molecule has 0 bridgehead atoms. The van der Waals surface area contributed by atoms with E-state index in [0.29, 0.717) is 55.2 Å². The van der Waals surface area contributed by atoms with Crippen LogP contribution in [0.5, 0.6) is 17.2 Å². The van der Waals surface area contributed by atoms with Crippen LogP contribution < -0.4 is 9.47 Å². The average Bonchev–Trinajstić information content (AvgIpc) is 3.49. The van der Waals surface area contributed by atoms with Crippen molar-refractivity contribution in [3.05, 3.63) is 137 Å². The molecule has 3 aliphatic heterocycles. The Morgan fingerprint density at radius 1 is 0.778 bits per heavy atom. The van der Waals surface area contributed by atoms with Crippen LogP contribution in [0.25, 0.3) is 0 Å². The van der Waals surface area contributed by atoms with Crippen LogP contribution in [0.4, 0.5) is 0 Å². The third-order valence-electron chi connectivity index (χ3n) is 12.5. The molecule has 0 aromatic heterocycles. The van der Waals surface area contributed by atoms with Gasteiger partial charge in [-0.3, -0.25) is 19.4 Å². The number of ketones is 1. The maximum Gasteiger partial charge on any atom is 0.255 e. The topological polar surface area (TPSA) is 82.6 Å². The summed E-state index contributed by atoms with van der Waals surface area (Å²) in [4.78, 5) is 32.6. The summed E-state index contributed by atoms with van der Waals surface area (Å²) in [5.41, 5.74) is 8.09. The minimum absolute atomic E-state index is 0.0645. The number of ether oxygens (including phenoxy) is 2. The number of benzene rings is 4. The number of nitrogens with zero attached hydrogens (tertiary/aromatic N) is 3. The predicted octanol–water partition coefficient (Wildman–Crippen LogP) is 6.96. The summed E-state index contributed by atoms with van der Waals surface area (Å²) in [6.45, 7) is 11.8. The van der Waals surface area contributed by atoms with E-state index >= 15 is 0 Å². The Morgan fingerprint density at radius 3 is 2.26 bits per heavy atom. The van der Waals surface area contributed by atoms with Crippen molar-refractivity contribution in [2.24, 2.45) is 5.41 Å². The van der Waals surface area contributed by atoms with Crippen molar-refractivity contribution >= 4 is 11.7 Å².